The molecule has 3 nitrogen and oxygen atoms in total. The zero-order chi connectivity index (χ0) is 24.1. The summed E-state index contributed by atoms with van der Waals surface area (Å²) in [5, 5.41) is 3.34. The van der Waals surface area contributed by atoms with E-state index in [0.717, 1.165) is 55.2 Å². The highest BCUT2D eigenvalue weighted by atomic mass is 16.3. The van der Waals surface area contributed by atoms with Crippen LogP contribution in [0.3, 0.4) is 0 Å². The Labute approximate surface area is 208 Å². The first-order chi connectivity index (χ1) is 17.7. The van der Waals surface area contributed by atoms with Gasteiger partial charge in [-0.2, -0.15) is 0 Å². The van der Waals surface area contributed by atoms with Crippen molar-refractivity contribution < 1.29 is 4.42 Å². The van der Waals surface area contributed by atoms with Crippen LogP contribution < -0.4 is 0 Å². The van der Waals surface area contributed by atoms with Crippen molar-refractivity contribution in [3.05, 3.63) is 121 Å². The number of pyridine rings is 2. The fourth-order valence-electron chi connectivity index (χ4n) is 4.88. The number of hydrogen-bond donors (Lipinski definition) is 0. The lowest BCUT2D eigenvalue weighted by Crippen LogP contribution is -1.88. The molecule has 0 radical (unpaired) electrons. The molecule has 0 amide bonds. The van der Waals surface area contributed by atoms with Crippen LogP contribution in [0.25, 0.3) is 66.4 Å². The standard InChI is InChI=1S/C33H22N2O/c1-21-9-11-22(12-10-21)23-13-14-24-17-26(20-35-31(24)18-23)25-15-16-30(34-19-25)29-7-4-6-28-27-5-2-3-8-32(27)36-33(28)29/h2-20H,1H3. The van der Waals surface area contributed by atoms with Gasteiger partial charge >= 0.3 is 0 Å². The summed E-state index contributed by atoms with van der Waals surface area (Å²) < 4.78 is 6.20. The van der Waals surface area contributed by atoms with Crippen LogP contribution in [0.1, 0.15) is 5.56 Å². The van der Waals surface area contributed by atoms with Gasteiger partial charge in [-0.15, -0.1) is 0 Å². The summed E-state index contributed by atoms with van der Waals surface area (Å²) in [5.41, 5.74) is 10.4. The average molecular weight is 463 g/mol. The SMILES string of the molecule is Cc1ccc(-c2ccc3cc(-c4ccc(-c5cccc6c5oc5ccccc56)nc4)cnc3c2)cc1. The number of aromatic nitrogens is 2. The van der Waals surface area contributed by atoms with E-state index in [2.05, 4.69) is 91.9 Å². The summed E-state index contributed by atoms with van der Waals surface area (Å²) in [6.07, 6.45) is 3.85. The van der Waals surface area contributed by atoms with Crippen molar-refractivity contribution in [3.63, 3.8) is 0 Å². The maximum Gasteiger partial charge on any atom is 0.144 e. The lowest BCUT2D eigenvalue weighted by atomic mass is 10.0. The Morgan fingerprint density at radius 3 is 2.22 bits per heavy atom. The molecule has 0 aliphatic heterocycles. The lowest BCUT2D eigenvalue weighted by Gasteiger charge is -2.08. The molecule has 7 rings (SSSR count). The smallest absolute Gasteiger partial charge is 0.144 e. The highest BCUT2D eigenvalue weighted by Crippen LogP contribution is 2.35. The lowest BCUT2D eigenvalue weighted by molar-refractivity contribution is 0.670. The summed E-state index contributed by atoms with van der Waals surface area (Å²) in [7, 11) is 0. The van der Waals surface area contributed by atoms with Gasteiger partial charge in [-0.05, 0) is 48.4 Å². The minimum Gasteiger partial charge on any atom is -0.455 e. The Morgan fingerprint density at radius 2 is 1.36 bits per heavy atom. The molecule has 0 atom stereocenters. The van der Waals surface area contributed by atoms with Crippen molar-refractivity contribution in [2.24, 2.45) is 0 Å². The molecule has 3 aromatic heterocycles. The van der Waals surface area contributed by atoms with Gasteiger partial charge in [0.2, 0.25) is 0 Å². The largest absolute Gasteiger partial charge is 0.455 e. The van der Waals surface area contributed by atoms with E-state index in [1.54, 1.807) is 0 Å². The quantitative estimate of drug-likeness (QED) is 0.263. The molecule has 0 unspecified atom stereocenters. The maximum absolute atomic E-state index is 6.20. The molecule has 0 N–H and O–H groups in total. The molecular formula is C33H22N2O. The van der Waals surface area contributed by atoms with Crippen molar-refractivity contribution in [2.75, 3.05) is 0 Å². The molecule has 7 aromatic rings. The average Bonchev–Trinajstić information content (AvgIpc) is 3.32. The highest BCUT2D eigenvalue weighted by Gasteiger charge is 2.13. The molecule has 36 heavy (non-hydrogen) atoms. The first-order valence-electron chi connectivity index (χ1n) is 12.1. The Kier molecular flexibility index (Phi) is 4.68. The van der Waals surface area contributed by atoms with Gasteiger partial charge in [0.25, 0.3) is 0 Å². The van der Waals surface area contributed by atoms with Gasteiger partial charge in [0.05, 0.1) is 11.2 Å². The van der Waals surface area contributed by atoms with Gasteiger partial charge in [0, 0.05) is 45.2 Å². The number of aryl methyl sites for hydroxylation is 1. The Morgan fingerprint density at radius 1 is 0.583 bits per heavy atom. The molecule has 4 aromatic carbocycles. The molecule has 3 heteroatoms. The Balaban J connectivity index is 1.23. The van der Waals surface area contributed by atoms with Crippen molar-refractivity contribution >= 4 is 32.8 Å². The summed E-state index contributed by atoms with van der Waals surface area (Å²) in [4.78, 5) is 9.56. The molecule has 0 aliphatic rings. The first-order valence-corrected chi connectivity index (χ1v) is 12.1. The van der Waals surface area contributed by atoms with E-state index in [9.17, 15) is 0 Å². The van der Waals surface area contributed by atoms with Gasteiger partial charge in [0.15, 0.2) is 0 Å². The van der Waals surface area contributed by atoms with E-state index in [-0.39, 0.29) is 0 Å². The van der Waals surface area contributed by atoms with Crippen molar-refractivity contribution in [1.29, 1.82) is 0 Å². The summed E-state index contributed by atoms with van der Waals surface area (Å²) in [6, 6.07) is 35.8. The van der Waals surface area contributed by atoms with Crippen LogP contribution in [-0.2, 0) is 0 Å². The second-order valence-corrected chi connectivity index (χ2v) is 9.21. The molecule has 0 saturated carbocycles. The number of nitrogens with zero attached hydrogens (tertiary/aromatic N) is 2. The van der Waals surface area contributed by atoms with E-state index >= 15 is 0 Å². The van der Waals surface area contributed by atoms with Gasteiger partial charge in [0.1, 0.15) is 11.2 Å². The minimum atomic E-state index is 0.871. The number of para-hydroxylation sites is 2. The van der Waals surface area contributed by atoms with E-state index in [4.69, 9.17) is 14.4 Å². The van der Waals surface area contributed by atoms with E-state index < -0.39 is 0 Å². The third-order valence-electron chi connectivity index (χ3n) is 6.85. The zero-order valence-electron chi connectivity index (χ0n) is 19.8. The second-order valence-electron chi connectivity index (χ2n) is 9.21. The molecule has 0 fully saturated rings. The maximum atomic E-state index is 6.20. The highest BCUT2D eigenvalue weighted by molar-refractivity contribution is 6.09. The molecule has 0 aliphatic carbocycles. The summed E-state index contributed by atoms with van der Waals surface area (Å²) in [5.74, 6) is 0. The molecule has 0 saturated heterocycles. The first kappa shape index (κ1) is 20.6. The van der Waals surface area contributed by atoms with Crippen LogP contribution in [0.4, 0.5) is 0 Å². The predicted molar refractivity (Wildman–Crippen MR) is 148 cm³/mol. The zero-order valence-corrected chi connectivity index (χ0v) is 19.8. The third-order valence-corrected chi connectivity index (χ3v) is 6.85. The summed E-state index contributed by atoms with van der Waals surface area (Å²) in [6.45, 7) is 2.11. The van der Waals surface area contributed by atoms with Crippen LogP contribution in [0.5, 0.6) is 0 Å². The van der Waals surface area contributed by atoms with Crippen LogP contribution >= 0.6 is 0 Å². The Hall–Kier alpha value is -4.76. The molecule has 0 bridgehead atoms. The van der Waals surface area contributed by atoms with E-state index in [0.29, 0.717) is 0 Å². The van der Waals surface area contributed by atoms with Crippen LogP contribution in [0.15, 0.2) is 120 Å². The monoisotopic (exact) mass is 462 g/mol. The van der Waals surface area contributed by atoms with E-state index in [1.807, 2.05) is 30.6 Å². The van der Waals surface area contributed by atoms with Crippen LogP contribution in [-0.4, -0.2) is 9.97 Å². The van der Waals surface area contributed by atoms with Gasteiger partial charge < -0.3 is 4.42 Å². The van der Waals surface area contributed by atoms with E-state index in [1.165, 1.54) is 16.7 Å². The second kappa shape index (κ2) is 8.17. The van der Waals surface area contributed by atoms with Gasteiger partial charge in [-0.1, -0.05) is 78.4 Å². The third kappa shape index (κ3) is 3.45. The molecular weight excluding hydrogens is 440 g/mol. The topological polar surface area (TPSA) is 38.9 Å². The van der Waals surface area contributed by atoms with Gasteiger partial charge in [-0.3, -0.25) is 9.97 Å². The summed E-state index contributed by atoms with van der Waals surface area (Å²) >= 11 is 0. The number of hydrogen-bond acceptors (Lipinski definition) is 3. The minimum absolute atomic E-state index is 0.871. The fraction of sp³-hybridized carbons (Fsp3) is 0.0303. The fourth-order valence-corrected chi connectivity index (χ4v) is 4.88. The molecule has 170 valence electrons. The van der Waals surface area contributed by atoms with Crippen molar-refractivity contribution in [2.45, 2.75) is 6.92 Å². The predicted octanol–water partition coefficient (Wildman–Crippen LogP) is 8.84. The number of rotatable bonds is 3. The Bertz CT molecular complexity index is 1880. The molecule has 3 heterocycles. The molecule has 0 spiro atoms. The number of benzene rings is 4. The number of furan rings is 1. The normalized spacial score (nSPS) is 11.5. The van der Waals surface area contributed by atoms with Gasteiger partial charge in [-0.25, -0.2) is 0 Å². The van der Waals surface area contributed by atoms with Crippen LogP contribution in [0.2, 0.25) is 0 Å². The van der Waals surface area contributed by atoms with Crippen LogP contribution in [0, 0.1) is 6.92 Å². The van der Waals surface area contributed by atoms with Crippen molar-refractivity contribution in [1.82, 2.24) is 9.97 Å². The number of fused-ring (bicyclic) bond motifs is 4. The van der Waals surface area contributed by atoms with Crippen molar-refractivity contribution in [3.8, 4) is 33.5 Å².